The fraction of sp³-hybridized carbons (Fsp3) is 0.464. The summed E-state index contributed by atoms with van der Waals surface area (Å²) in [5.74, 6) is 1.74. The Morgan fingerprint density at radius 2 is 1.86 bits per heavy atom. The van der Waals surface area contributed by atoms with Crippen LogP contribution < -0.4 is 15.5 Å². The summed E-state index contributed by atoms with van der Waals surface area (Å²) in [7, 11) is 1.31. The number of rotatable bonds is 3. The van der Waals surface area contributed by atoms with Crippen LogP contribution >= 0.6 is 0 Å². The standard InChI is InChI=1S/C28H33N5O3/c1-36-28(35)33-26-11-5-9-23(22(26)16-29-33)30-27(34)31-24-13-12-21-20(24)8-4-10-25(21)32-15-14-18-6-2-3-7-19(18)17-32/h4-5,8-11,16,18-19,24H,2-3,6-7,12-15,17H2,1H3,(H2,30,31,34). The van der Waals surface area contributed by atoms with Gasteiger partial charge >= 0.3 is 12.1 Å². The van der Waals surface area contributed by atoms with Crippen LogP contribution in [0.5, 0.6) is 0 Å². The van der Waals surface area contributed by atoms with Crippen molar-refractivity contribution in [2.45, 2.75) is 51.0 Å². The van der Waals surface area contributed by atoms with Crippen LogP contribution in [0.25, 0.3) is 10.9 Å². The first kappa shape index (κ1) is 22.9. The van der Waals surface area contributed by atoms with Crippen molar-refractivity contribution in [3.63, 3.8) is 0 Å². The monoisotopic (exact) mass is 487 g/mol. The third-order valence-corrected chi connectivity index (χ3v) is 8.39. The molecule has 1 saturated carbocycles. The predicted octanol–water partition coefficient (Wildman–Crippen LogP) is 5.48. The molecule has 0 spiro atoms. The number of fused-ring (bicyclic) bond motifs is 3. The van der Waals surface area contributed by atoms with E-state index in [0.29, 0.717) is 16.6 Å². The Morgan fingerprint density at radius 1 is 1.03 bits per heavy atom. The normalized spacial score (nSPS) is 23.1. The van der Waals surface area contributed by atoms with Gasteiger partial charge in [0, 0.05) is 24.2 Å². The highest BCUT2D eigenvalue weighted by Gasteiger charge is 2.34. The number of piperidine rings is 1. The van der Waals surface area contributed by atoms with Gasteiger partial charge in [0.1, 0.15) is 0 Å². The van der Waals surface area contributed by atoms with Gasteiger partial charge in [-0.2, -0.15) is 9.78 Å². The number of carbonyl (C=O) groups excluding carboxylic acids is 2. The molecule has 1 saturated heterocycles. The number of amides is 2. The van der Waals surface area contributed by atoms with E-state index in [1.165, 1.54) is 67.3 Å². The molecule has 1 aromatic heterocycles. The quantitative estimate of drug-likeness (QED) is 0.511. The van der Waals surface area contributed by atoms with Crippen molar-refractivity contribution in [2.24, 2.45) is 11.8 Å². The second-order valence-corrected chi connectivity index (χ2v) is 10.3. The summed E-state index contributed by atoms with van der Waals surface area (Å²) in [6.45, 7) is 2.31. The molecule has 0 radical (unpaired) electrons. The van der Waals surface area contributed by atoms with E-state index in [9.17, 15) is 9.59 Å². The van der Waals surface area contributed by atoms with E-state index < -0.39 is 6.09 Å². The molecule has 36 heavy (non-hydrogen) atoms. The summed E-state index contributed by atoms with van der Waals surface area (Å²) < 4.78 is 5.97. The third kappa shape index (κ3) is 4.08. The molecule has 2 aromatic carbocycles. The van der Waals surface area contributed by atoms with Crippen LogP contribution in [0.4, 0.5) is 21.0 Å². The Labute approximate surface area is 211 Å². The molecule has 6 rings (SSSR count). The Hall–Kier alpha value is -3.55. The highest BCUT2D eigenvalue weighted by molar-refractivity contribution is 6.02. The zero-order valence-electron chi connectivity index (χ0n) is 20.7. The molecule has 3 unspecified atom stereocenters. The van der Waals surface area contributed by atoms with E-state index in [2.05, 4.69) is 38.8 Å². The number of benzene rings is 2. The minimum absolute atomic E-state index is 0.0239. The smallest absolute Gasteiger partial charge is 0.434 e. The highest BCUT2D eigenvalue weighted by Crippen LogP contribution is 2.42. The second kappa shape index (κ2) is 9.48. The molecule has 2 fully saturated rings. The predicted molar refractivity (Wildman–Crippen MR) is 139 cm³/mol. The van der Waals surface area contributed by atoms with Gasteiger partial charge in [0.2, 0.25) is 0 Å². The van der Waals surface area contributed by atoms with Crippen LogP contribution in [0, 0.1) is 11.8 Å². The zero-order chi connectivity index (χ0) is 24.6. The van der Waals surface area contributed by atoms with E-state index >= 15 is 0 Å². The van der Waals surface area contributed by atoms with Gasteiger partial charge in [0.05, 0.1) is 30.6 Å². The first-order chi connectivity index (χ1) is 17.6. The minimum Gasteiger partial charge on any atom is -0.451 e. The van der Waals surface area contributed by atoms with Crippen LogP contribution in [0.2, 0.25) is 0 Å². The maximum atomic E-state index is 13.0. The second-order valence-electron chi connectivity index (χ2n) is 10.3. The molecular formula is C28H33N5O3. The first-order valence-electron chi connectivity index (χ1n) is 13.1. The van der Waals surface area contributed by atoms with Crippen molar-refractivity contribution in [3.8, 4) is 0 Å². The summed E-state index contributed by atoms with van der Waals surface area (Å²) in [6.07, 6.45) is 9.71. The largest absolute Gasteiger partial charge is 0.451 e. The summed E-state index contributed by atoms with van der Waals surface area (Å²) in [6, 6.07) is 11.6. The van der Waals surface area contributed by atoms with Gasteiger partial charge in [-0.1, -0.05) is 37.5 Å². The number of urea groups is 1. The van der Waals surface area contributed by atoms with Gasteiger partial charge in [-0.3, -0.25) is 0 Å². The fourth-order valence-electron chi connectivity index (χ4n) is 6.61. The van der Waals surface area contributed by atoms with Gasteiger partial charge < -0.3 is 20.3 Å². The summed E-state index contributed by atoms with van der Waals surface area (Å²) in [4.78, 5) is 27.6. The third-order valence-electron chi connectivity index (χ3n) is 8.39. The molecule has 8 nitrogen and oxygen atoms in total. The minimum atomic E-state index is -0.572. The number of carbonyl (C=O) groups is 2. The van der Waals surface area contributed by atoms with Crippen molar-refractivity contribution in [2.75, 3.05) is 30.4 Å². The maximum Gasteiger partial charge on any atom is 0.434 e. The Bertz CT molecular complexity index is 1300. The lowest BCUT2D eigenvalue weighted by atomic mass is 9.75. The van der Waals surface area contributed by atoms with Crippen molar-refractivity contribution < 1.29 is 14.3 Å². The number of aromatic nitrogens is 2. The zero-order valence-corrected chi connectivity index (χ0v) is 20.7. The van der Waals surface area contributed by atoms with Gasteiger partial charge in [-0.25, -0.2) is 9.59 Å². The van der Waals surface area contributed by atoms with Gasteiger partial charge in [-0.05, 0) is 66.8 Å². The summed E-state index contributed by atoms with van der Waals surface area (Å²) >= 11 is 0. The van der Waals surface area contributed by atoms with Crippen LogP contribution in [-0.4, -0.2) is 42.1 Å². The van der Waals surface area contributed by atoms with E-state index in [4.69, 9.17) is 4.74 Å². The van der Waals surface area contributed by atoms with E-state index in [1.807, 2.05) is 0 Å². The number of methoxy groups -OCH3 is 1. The molecule has 2 aliphatic carbocycles. The maximum absolute atomic E-state index is 13.0. The molecule has 0 bridgehead atoms. The number of ether oxygens (including phenoxy) is 1. The molecule has 2 heterocycles. The molecule has 3 aliphatic rings. The Morgan fingerprint density at radius 3 is 2.72 bits per heavy atom. The van der Waals surface area contributed by atoms with Crippen molar-refractivity contribution in [1.29, 1.82) is 0 Å². The SMILES string of the molecule is COC(=O)n1ncc2c(NC(=O)NC3CCc4c3cccc4N3CCC4CCCCC4C3)cccc21. The summed E-state index contributed by atoms with van der Waals surface area (Å²) in [5, 5.41) is 10.9. The molecule has 1 aliphatic heterocycles. The lowest BCUT2D eigenvalue weighted by molar-refractivity contribution is 0.170. The lowest BCUT2D eigenvalue weighted by Crippen LogP contribution is -2.42. The van der Waals surface area contributed by atoms with Gasteiger partial charge in [0.25, 0.3) is 0 Å². The average Bonchev–Trinajstić information content (AvgIpc) is 3.53. The van der Waals surface area contributed by atoms with Crippen molar-refractivity contribution in [3.05, 3.63) is 53.7 Å². The van der Waals surface area contributed by atoms with Gasteiger partial charge in [-0.15, -0.1) is 0 Å². The number of anilines is 2. The van der Waals surface area contributed by atoms with Crippen LogP contribution in [0.3, 0.4) is 0 Å². The van der Waals surface area contributed by atoms with Crippen molar-refractivity contribution in [1.82, 2.24) is 15.1 Å². The van der Waals surface area contributed by atoms with E-state index in [1.54, 1.807) is 24.4 Å². The topological polar surface area (TPSA) is 88.5 Å². The van der Waals surface area contributed by atoms with E-state index in [-0.39, 0.29) is 12.1 Å². The number of hydrogen-bond donors (Lipinski definition) is 2. The molecule has 3 atom stereocenters. The first-order valence-corrected chi connectivity index (χ1v) is 13.1. The molecule has 2 amide bonds. The molecule has 188 valence electrons. The van der Waals surface area contributed by atoms with Crippen LogP contribution in [0.1, 0.15) is 55.7 Å². The van der Waals surface area contributed by atoms with E-state index in [0.717, 1.165) is 31.2 Å². The Kier molecular flexibility index (Phi) is 6.03. The van der Waals surface area contributed by atoms with Crippen LogP contribution in [-0.2, 0) is 11.2 Å². The van der Waals surface area contributed by atoms with Gasteiger partial charge in [0.15, 0.2) is 0 Å². The number of hydrogen-bond acceptors (Lipinski definition) is 5. The molecular weight excluding hydrogens is 454 g/mol. The lowest BCUT2D eigenvalue weighted by Gasteiger charge is -2.43. The fourth-order valence-corrected chi connectivity index (χ4v) is 6.61. The molecule has 2 N–H and O–H groups in total. The molecule has 3 aromatic rings. The number of nitrogens with one attached hydrogen (secondary N) is 2. The van der Waals surface area contributed by atoms with Crippen molar-refractivity contribution >= 4 is 34.4 Å². The number of nitrogens with zero attached hydrogens (tertiary/aromatic N) is 3. The average molecular weight is 488 g/mol. The summed E-state index contributed by atoms with van der Waals surface area (Å²) in [5.41, 5.74) is 5.16. The van der Waals surface area contributed by atoms with Crippen LogP contribution in [0.15, 0.2) is 42.6 Å². The molecule has 8 heteroatoms. The highest BCUT2D eigenvalue weighted by atomic mass is 16.5. The Balaban J connectivity index is 1.17.